The molecule has 0 aliphatic rings. The van der Waals surface area contributed by atoms with E-state index in [4.69, 9.17) is 26.6 Å². The number of carbonyl (C=O) groups excluding carboxylic acids is 1. The van der Waals surface area contributed by atoms with Crippen molar-refractivity contribution in [2.45, 2.75) is 20.8 Å². The Balaban J connectivity index is 0.000000169. The zero-order valence-corrected chi connectivity index (χ0v) is 17.7. The third kappa shape index (κ3) is 4.49. The standard InChI is InChI=1S/C10H6ClN3OS.C8H11NO2S/c1-5-4-6-8(11)13-9(14-10(6)16-5)7-2-3-12-15-7;1-3-11-8(10)6-4-5(2)12-7(6)9/h2-4H,1H3;4H,3,9H2,1-2H3. The summed E-state index contributed by atoms with van der Waals surface area (Å²) in [5.41, 5.74) is 6.08. The molecule has 0 unspecified atom stereocenters. The fraction of sp³-hybridized carbons (Fsp3) is 0.222. The molecule has 2 N–H and O–H groups in total. The number of hydrogen-bond donors (Lipinski definition) is 1. The molecule has 4 aromatic rings. The topological polar surface area (TPSA) is 104 Å². The largest absolute Gasteiger partial charge is 0.462 e. The number of anilines is 1. The van der Waals surface area contributed by atoms with Crippen molar-refractivity contribution in [2.24, 2.45) is 0 Å². The van der Waals surface area contributed by atoms with Gasteiger partial charge < -0.3 is 15.0 Å². The number of carbonyl (C=O) groups is 1. The number of thiophene rings is 2. The van der Waals surface area contributed by atoms with E-state index in [2.05, 4.69) is 15.1 Å². The van der Waals surface area contributed by atoms with Crippen LogP contribution in [0.4, 0.5) is 5.00 Å². The van der Waals surface area contributed by atoms with E-state index >= 15 is 0 Å². The van der Waals surface area contributed by atoms with Crippen LogP contribution in [0, 0.1) is 13.8 Å². The van der Waals surface area contributed by atoms with Crippen LogP contribution in [0.2, 0.25) is 5.15 Å². The molecule has 4 heterocycles. The molecule has 0 radical (unpaired) electrons. The Morgan fingerprint density at radius 1 is 1.25 bits per heavy atom. The average Bonchev–Trinajstić information content (AvgIpc) is 3.35. The quantitative estimate of drug-likeness (QED) is 0.351. The van der Waals surface area contributed by atoms with E-state index in [-0.39, 0.29) is 5.97 Å². The highest BCUT2D eigenvalue weighted by atomic mass is 35.5. The maximum absolute atomic E-state index is 11.2. The van der Waals surface area contributed by atoms with Crippen LogP contribution in [0.5, 0.6) is 0 Å². The summed E-state index contributed by atoms with van der Waals surface area (Å²) in [5, 5.41) is 5.48. The third-order valence-electron chi connectivity index (χ3n) is 3.51. The minimum absolute atomic E-state index is 0.334. The summed E-state index contributed by atoms with van der Waals surface area (Å²) >= 11 is 9.07. The summed E-state index contributed by atoms with van der Waals surface area (Å²) in [6.07, 6.45) is 1.55. The van der Waals surface area contributed by atoms with Gasteiger partial charge in [0.1, 0.15) is 15.0 Å². The monoisotopic (exact) mass is 436 g/mol. The van der Waals surface area contributed by atoms with Crippen molar-refractivity contribution in [3.63, 3.8) is 0 Å². The van der Waals surface area contributed by atoms with Gasteiger partial charge in [0, 0.05) is 21.2 Å². The Hall–Kier alpha value is -2.49. The highest BCUT2D eigenvalue weighted by Crippen LogP contribution is 2.30. The molecule has 10 heteroatoms. The molecule has 0 aromatic carbocycles. The van der Waals surface area contributed by atoms with Gasteiger partial charge in [0.25, 0.3) is 0 Å². The average molecular weight is 437 g/mol. The highest BCUT2D eigenvalue weighted by Gasteiger charge is 2.13. The van der Waals surface area contributed by atoms with Crippen LogP contribution in [0.25, 0.3) is 21.8 Å². The Labute approximate surface area is 174 Å². The van der Waals surface area contributed by atoms with Gasteiger partial charge in [0.05, 0.1) is 18.4 Å². The number of rotatable bonds is 3. The fourth-order valence-corrected chi connectivity index (χ4v) is 4.28. The predicted molar refractivity (Wildman–Crippen MR) is 112 cm³/mol. The lowest BCUT2D eigenvalue weighted by Gasteiger charge is -1.98. The van der Waals surface area contributed by atoms with Gasteiger partial charge in [-0.15, -0.1) is 22.7 Å². The number of nitrogens with two attached hydrogens (primary N) is 1. The third-order valence-corrected chi connectivity index (χ3v) is 5.62. The molecule has 0 atom stereocenters. The van der Waals surface area contributed by atoms with Crippen LogP contribution in [0.15, 0.2) is 28.9 Å². The second kappa shape index (κ2) is 8.68. The minimum Gasteiger partial charge on any atom is -0.462 e. The van der Waals surface area contributed by atoms with Gasteiger partial charge in [-0.05, 0) is 32.9 Å². The number of halogens is 1. The molecule has 0 amide bonds. The summed E-state index contributed by atoms with van der Waals surface area (Å²) in [7, 11) is 0. The normalized spacial score (nSPS) is 10.6. The Bertz CT molecular complexity index is 1110. The van der Waals surface area contributed by atoms with Crippen LogP contribution in [0.3, 0.4) is 0 Å². The number of nitrogen functional groups attached to an aromatic ring is 1. The van der Waals surface area contributed by atoms with E-state index in [1.165, 1.54) is 11.3 Å². The lowest BCUT2D eigenvalue weighted by molar-refractivity contribution is 0.0528. The number of hydrogen-bond acceptors (Lipinski definition) is 9. The van der Waals surface area contributed by atoms with Crippen molar-refractivity contribution < 1.29 is 14.1 Å². The van der Waals surface area contributed by atoms with Crippen LogP contribution in [-0.2, 0) is 4.74 Å². The number of ether oxygens (including phenoxy) is 1. The number of nitrogens with zero attached hydrogens (tertiary/aromatic N) is 3. The molecular formula is C18H17ClN4O3S2. The lowest BCUT2D eigenvalue weighted by Crippen LogP contribution is -2.05. The number of aryl methyl sites for hydroxylation is 2. The molecule has 0 fully saturated rings. The second-order valence-electron chi connectivity index (χ2n) is 5.65. The molecule has 146 valence electrons. The van der Waals surface area contributed by atoms with Gasteiger partial charge in [0.15, 0.2) is 0 Å². The summed E-state index contributed by atoms with van der Waals surface area (Å²) in [6.45, 7) is 6.07. The molecular weight excluding hydrogens is 420 g/mol. The van der Waals surface area contributed by atoms with Crippen molar-refractivity contribution in [1.82, 2.24) is 15.1 Å². The summed E-state index contributed by atoms with van der Waals surface area (Å²) in [4.78, 5) is 22.8. The van der Waals surface area contributed by atoms with E-state index in [1.54, 1.807) is 36.6 Å². The van der Waals surface area contributed by atoms with Crippen LogP contribution >= 0.6 is 34.3 Å². The lowest BCUT2D eigenvalue weighted by atomic mass is 10.3. The van der Waals surface area contributed by atoms with Gasteiger partial charge in [-0.25, -0.2) is 14.8 Å². The molecule has 0 bridgehead atoms. The molecule has 0 saturated carbocycles. The predicted octanol–water partition coefficient (Wildman–Crippen LogP) is 5.12. The Morgan fingerprint density at radius 2 is 2.00 bits per heavy atom. The van der Waals surface area contributed by atoms with Crippen LogP contribution in [0.1, 0.15) is 27.0 Å². The SMILES string of the molecule is CCOC(=O)c1cc(C)sc1N.Cc1cc2c(Cl)nc(-c3ccno3)nc2s1. The van der Waals surface area contributed by atoms with E-state index in [1.807, 2.05) is 19.9 Å². The van der Waals surface area contributed by atoms with Crippen molar-refractivity contribution in [2.75, 3.05) is 12.3 Å². The highest BCUT2D eigenvalue weighted by molar-refractivity contribution is 7.18. The van der Waals surface area contributed by atoms with E-state index in [0.717, 1.165) is 20.0 Å². The molecule has 0 saturated heterocycles. The first-order chi connectivity index (χ1) is 13.4. The van der Waals surface area contributed by atoms with Crippen molar-refractivity contribution in [1.29, 1.82) is 0 Å². The zero-order chi connectivity index (χ0) is 20.3. The van der Waals surface area contributed by atoms with Gasteiger partial charge in [-0.2, -0.15) is 0 Å². The zero-order valence-electron chi connectivity index (χ0n) is 15.4. The number of esters is 1. The van der Waals surface area contributed by atoms with Gasteiger partial charge in [0.2, 0.25) is 11.6 Å². The van der Waals surface area contributed by atoms with Crippen LogP contribution in [-0.4, -0.2) is 27.7 Å². The fourth-order valence-electron chi connectivity index (χ4n) is 2.35. The summed E-state index contributed by atoms with van der Waals surface area (Å²) in [6, 6.07) is 5.43. The Morgan fingerprint density at radius 3 is 2.61 bits per heavy atom. The second-order valence-corrected chi connectivity index (χ2v) is 8.53. The maximum Gasteiger partial charge on any atom is 0.341 e. The molecule has 28 heavy (non-hydrogen) atoms. The summed E-state index contributed by atoms with van der Waals surface area (Å²) in [5.74, 6) is 0.658. The molecule has 0 aliphatic carbocycles. The summed E-state index contributed by atoms with van der Waals surface area (Å²) < 4.78 is 9.81. The van der Waals surface area contributed by atoms with E-state index in [9.17, 15) is 4.79 Å². The Kier molecular flexibility index (Phi) is 6.28. The first-order valence-electron chi connectivity index (χ1n) is 8.26. The van der Waals surface area contributed by atoms with Crippen molar-refractivity contribution >= 4 is 55.5 Å². The number of aromatic nitrogens is 3. The van der Waals surface area contributed by atoms with Gasteiger partial charge in [-0.3, -0.25) is 0 Å². The van der Waals surface area contributed by atoms with Crippen molar-refractivity contribution in [3.05, 3.63) is 44.9 Å². The van der Waals surface area contributed by atoms with Crippen LogP contribution < -0.4 is 5.73 Å². The van der Waals surface area contributed by atoms with Gasteiger partial charge in [-0.1, -0.05) is 16.8 Å². The molecule has 7 nitrogen and oxygen atoms in total. The first kappa shape index (κ1) is 20.2. The first-order valence-corrected chi connectivity index (χ1v) is 10.3. The minimum atomic E-state index is -0.334. The van der Waals surface area contributed by atoms with E-state index < -0.39 is 0 Å². The van der Waals surface area contributed by atoms with Gasteiger partial charge >= 0.3 is 5.97 Å². The van der Waals surface area contributed by atoms with Crippen molar-refractivity contribution in [3.8, 4) is 11.6 Å². The maximum atomic E-state index is 11.2. The molecule has 4 aromatic heterocycles. The smallest absolute Gasteiger partial charge is 0.341 e. The molecule has 0 spiro atoms. The molecule has 4 rings (SSSR count). The van der Waals surface area contributed by atoms with E-state index in [0.29, 0.717) is 33.9 Å². The molecule has 0 aliphatic heterocycles. The number of fused-ring (bicyclic) bond motifs is 1.